The van der Waals surface area contributed by atoms with E-state index in [2.05, 4.69) is 24.4 Å². The molecule has 1 saturated carbocycles. The average Bonchev–Trinajstić information content (AvgIpc) is 3.15. The highest BCUT2D eigenvalue weighted by Crippen LogP contribution is 2.34. The lowest BCUT2D eigenvalue weighted by atomic mass is 10.2. The molecule has 4 nitrogen and oxygen atoms in total. The van der Waals surface area contributed by atoms with Crippen LogP contribution >= 0.6 is 11.8 Å². The topological polar surface area (TPSA) is 47.6 Å². The number of thioether (sulfide) groups is 1. The highest BCUT2D eigenvalue weighted by molar-refractivity contribution is 8.00. The number of ether oxygens (including phenoxy) is 2. The third-order valence-electron chi connectivity index (χ3n) is 4.43. The van der Waals surface area contributed by atoms with Gasteiger partial charge in [-0.3, -0.25) is 4.79 Å². The van der Waals surface area contributed by atoms with E-state index in [9.17, 15) is 4.79 Å². The number of carbonyl (C=O) groups excluding carboxylic acids is 1. The summed E-state index contributed by atoms with van der Waals surface area (Å²) < 4.78 is 11.5. The number of benzene rings is 2. The smallest absolute Gasteiger partial charge is 0.234 e. The third kappa shape index (κ3) is 5.18. The third-order valence-corrected chi connectivity index (χ3v) is 5.45. The van der Waals surface area contributed by atoms with E-state index >= 15 is 0 Å². The highest BCUT2D eigenvalue weighted by Gasteiger charge is 2.19. The molecule has 5 heteroatoms. The molecule has 1 fully saturated rings. The van der Waals surface area contributed by atoms with Gasteiger partial charge in [-0.15, -0.1) is 11.8 Å². The summed E-state index contributed by atoms with van der Waals surface area (Å²) in [5.41, 5.74) is 1.94. The summed E-state index contributed by atoms with van der Waals surface area (Å²) in [7, 11) is 1.63. The van der Waals surface area contributed by atoms with E-state index in [0.29, 0.717) is 17.3 Å². The van der Waals surface area contributed by atoms with Crippen molar-refractivity contribution in [3.8, 4) is 11.5 Å². The molecule has 0 saturated heterocycles. The summed E-state index contributed by atoms with van der Waals surface area (Å²) in [5, 5.41) is 2.94. The van der Waals surface area contributed by atoms with Crippen LogP contribution in [0.15, 0.2) is 47.4 Å². The van der Waals surface area contributed by atoms with Crippen LogP contribution in [0.1, 0.15) is 31.2 Å². The number of anilines is 1. The molecular formula is C21H25NO3S. The zero-order chi connectivity index (χ0) is 18.4. The first-order valence-corrected chi connectivity index (χ1v) is 9.96. The molecule has 0 spiro atoms. The molecule has 2 aromatic carbocycles. The fourth-order valence-corrected chi connectivity index (χ4v) is 3.71. The van der Waals surface area contributed by atoms with E-state index in [-0.39, 0.29) is 12.0 Å². The lowest BCUT2D eigenvalue weighted by Crippen LogP contribution is -2.15. The van der Waals surface area contributed by atoms with Crippen molar-refractivity contribution in [2.24, 2.45) is 0 Å². The van der Waals surface area contributed by atoms with Crippen LogP contribution in [-0.2, 0) is 4.79 Å². The Balaban J connectivity index is 1.59. The van der Waals surface area contributed by atoms with Gasteiger partial charge in [0, 0.05) is 16.6 Å². The second-order valence-electron chi connectivity index (χ2n) is 6.54. The maximum absolute atomic E-state index is 12.3. The van der Waals surface area contributed by atoms with Gasteiger partial charge in [0.1, 0.15) is 0 Å². The Morgan fingerprint density at radius 3 is 2.54 bits per heavy atom. The number of aryl methyl sites for hydroxylation is 1. The van der Waals surface area contributed by atoms with Gasteiger partial charge in [-0.1, -0.05) is 17.7 Å². The van der Waals surface area contributed by atoms with Crippen molar-refractivity contribution in [2.45, 2.75) is 43.6 Å². The van der Waals surface area contributed by atoms with Gasteiger partial charge in [0.2, 0.25) is 5.91 Å². The second-order valence-corrected chi connectivity index (χ2v) is 7.59. The van der Waals surface area contributed by atoms with Gasteiger partial charge in [0.05, 0.1) is 19.0 Å². The number of amides is 1. The number of hydrogen-bond donors (Lipinski definition) is 1. The Morgan fingerprint density at radius 2 is 1.85 bits per heavy atom. The van der Waals surface area contributed by atoms with Gasteiger partial charge >= 0.3 is 0 Å². The molecule has 0 radical (unpaired) electrons. The summed E-state index contributed by atoms with van der Waals surface area (Å²) in [5.74, 6) is 1.73. The van der Waals surface area contributed by atoms with E-state index in [1.54, 1.807) is 7.11 Å². The average molecular weight is 372 g/mol. The standard InChI is InChI=1S/C21H25NO3S/c1-15-7-10-18(11-8-15)26-14-21(23)22-16-9-12-19(24-2)20(13-16)25-17-5-3-4-6-17/h7-13,17H,3-6,14H2,1-2H3,(H,22,23). The lowest BCUT2D eigenvalue weighted by molar-refractivity contribution is -0.113. The van der Waals surface area contributed by atoms with Crippen molar-refractivity contribution in [3.05, 3.63) is 48.0 Å². The van der Waals surface area contributed by atoms with Crippen molar-refractivity contribution >= 4 is 23.4 Å². The highest BCUT2D eigenvalue weighted by atomic mass is 32.2. The fraction of sp³-hybridized carbons (Fsp3) is 0.381. The number of rotatable bonds is 7. The zero-order valence-corrected chi connectivity index (χ0v) is 16.1. The Labute approximate surface area is 159 Å². The summed E-state index contributed by atoms with van der Waals surface area (Å²) in [6.07, 6.45) is 4.81. The van der Waals surface area contributed by atoms with Crippen LogP contribution in [0.25, 0.3) is 0 Å². The Hall–Kier alpha value is -2.14. The summed E-state index contributed by atoms with van der Waals surface area (Å²) in [6, 6.07) is 13.7. The van der Waals surface area contributed by atoms with Crippen molar-refractivity contribution in [1.82, 2.24) is 0 Å². The van der Waals surface area contributed by atoms with Crippen molar-refractivity contribution in [1.29, 1.82) is 0 Å². The molecule has 2 aromatic rings. The fourth-order valence-electron chi connectivity index (χ4n) is 3.01. The van der Waals surface area contributed by atoms with E-state index < -0.39 is 0 Å². The van der Waals surface area contributed by atoms with E-state index in [0.717, 1.165) is 23.4 Å². The first-order valence-electron chi connectivity index (χ1n) is 8.98. The van der Waals surface area contributed by atoms with Gasteiger partial charge in [0.15, 0.2) is 11.5 Å². The molecule has 1 amide bonds. The molecule has 1 N–H and O–H groups in total. The normalized spacial score (nSPS) is 14.2. The van der Waals surface area contributed by atoms with Gasteiger partial charge < -0.3 is 14.8 Å². The summed E-state index contributed by atoms with van der Waals surface area (Å²) >= 11 is 1.53. The minimum atomic E-state index is -0.0347. The van der Waals surface area contributed by atoms with E-state index in [4.69, 9.17) is 9.47 Å². The number of methoxy groups -OCH3 is 1. The predicted octanol–water partition coefficient (Wildman–Crippen LogP) is 5.06. The van der Waals surface area contributed by atoms with Crippen molar-refractivity contribution in [3.63, 3.8) is 0 Å². The number of nitrogens with one attached hydrogen (secondary N) is 1. The van der Waals surface area contributed by atoms with Crippen LogP contribution in [0.4, 0.5) is 5.69 Å². The van der Waals surface area contributed by atoms with Crippen LogP contribution in [0, 0.1) is 6.92 Å². The van der Waals surface area contributed by atoms with Crippen LogP contribution in [-0.4, -0.2) is 24.9 Å². The van der Waals surface area contributed by atoms with Crippen LogP contribution in [0.2, 0.25) is 0 Å². The van der Waals surface area contributed by atoms with Gasteiger partial charge in [0.25, 0.3) is 0 Å². The second kappa shape index (κ2) is 8.99. The summed E-state index contributed by atoms with van der Waals surface area (Å²) in [4.78, 5) is 13.3. The first-order chi connectivity index (χ1) is 12.6. The quantitative estimate of drug-likeness (QED) is 0.692. The molecule has 0 aliphatic heterocycles. The molecule has 26 heavy (non-hydrogen) atoms. The van der Waals surface area contributed by atoms with Crippen molar-refractivity contribution < 1.29 is 14.3 Å². The number of carbonyl (C=O) groups is 1. The largest absolute Gasteiger partial charge is 0.493 e. The Kier molecular flexibility index (Phi) is 6.45. The lowest BCUT2D eigenvalue weighted by Gasteiger charge is -2.17. The van der Waals surface area contributed by atoms with Crippen LogP contribution in [0.5, 0.6) is 11.5 Å². The molecular weight excluding hydrogens is 346 g/mol. The Morgan fingerprint density at radius 1 is 1.12 bits per heavy atom. The molecule has 0 bridgehead atoms. The molecule has 1 aliphatic carbocycles. The van der Waals surface area contributed by atoms with E-state index in [1.807, 2.05) is 30.3 Å². The maximum Gasteiger partial charge on any atom is 0.234 e. The monoisotopic (exact) mass is 371 g/mol. The van der Waals surface area contributed by atoms with Crippen LogP contribution in [0.3, 0.4) is 0 Å². The molecule has 0 unspecified atom stereocenters. The molecule has 1 aliphatic rings. The SMILES string of the molecule is COc1ccc(NC(=O)CSc2ccc(C)cc2)cc1OC1CCCC1. The molecule has 0 aromatic heterocycles. The van der Waals surface area contributed by atoms with Crippen molar-refractivity contribution in [2.75, 3.05) is 18.2 Å². The Bertz CT molecular complexity index is 739. The zero-order valence-electron chi connectivity index (χ0n) is 15.3. The van der Waals surface area contributed by atoms with Gasteiger partial charge in [-0.2, -0.15) is 0 Å². The molecule has 138 valence electrons. The first kappa shape index (κ1) is 18.6. The van der Waals surface area contributed by atoms with Gasteiger partial charge in [-0.25, -0.2) is 0 Å². The minimum absolute atomic E-state index is 0.0347. The maximum atomic E-state index is 12.3. The van der Waals surface area contributed by atoms with E-state index in [1.165, 1.54) is 30.2 Å². The van der Waals surface area contributed by atoms with Gasteiger partial charge in [-0.05, 0) is 56.9 Å². The summed E-state index contributed by atoms with van der Waals surface area (Å²) in [6.45, 7) is 2.05. The molecule has 0 atom stereocenters. The number of hydrogen-bond acceptors (Lipinski definition) is 4. The molecule has 3 rings (SSSR count). The minimum Gasteiger partial charge on any atom is -0.493 e. The van der Waals surface area contributed by atoms with Crippen LogP contribution < -0.4 is 14.8 Å². The molecule has 0 heterocycles. The predicted molar refractivity (Wildman–Crippen MR) is 106 cm³/mol.